The lowest BCUT2D eigenvalue weighted by Crippen LogP contribution is -2.33. The summed E-state index contributed by atoms with van der Waals surface area (Å²) in [5.41, 5.74) is 0. The van der Waals surface area contributed by atoms with Crippen LogP contribution in [0.3, 0.4) is 0 Å². The molecule has 2 aromatic rings. The molecular weight excluding hydrogens is 302 g/mol. The Morgan fingerprint density at radius 2 is 2.11 bits per heavy atom. The van der Waals surface area contributed by atoms with Crippen molar-refractivity contribution in [3.63, 3.8) is 0 Å². The van der Waals surface area contributed by atoms with E-state index in [2.05, 4.69) is 4.72 Å². The topological polar surface area (TPSA) is 66.4 Å². The van der Waals surface area contributed by atoms with Crippen LogP contribution < -0.4 is 4.72 Å². The molecule has 0 radical (unpaired) electrons. The predicted molar refractivity (Wildman–Crippen MR) is 78.0 cm³/mol. The van der Waals surface area contributed by atoms with Crippen molar-refractivity contribution in [2.24, 2.45) is 0 Å². The average Bonchev–Trinajstić information content (AvgIpc) is 2.97. The molecule has 1 unspecified atom stereocenters. The lowest BCUT2D eigenvalue weighted by atomic mass is 10.2. The van der Waals surface area contributed by atoms with Crippen molar-refractivity contribution >= 4 is 32.7 Å². The van der Waals surface area contributed by atoms with Crippen LogP contribution in [-0.2, 0) is 23.1 Å². The van der Waals surface area contributed by atoms with Crippen LogP contribution >= 0.6 is 22.7 Å². The molecular formula is C12H15NO3S3. The van der Waals surface area contributed by atoms with Gasteiger partial charge in [0.25, 0.3) is 0 Å². The largest absolute Gasteiger partial charge is 0.391 e. The number of hydrogen-bond acceptors (Lipinski definition) is 5. The Kier molecular flexibility index (Phi) is 4.75. The van der Waals surface area contributed by atoms with Gasteiger partial charge in [0.2, 0.25) is 10.0 Å². The van der Waals surface area contributed by atoms with Gasteiger partial charge >= 0.3 is 0 Å². The molecule has 19 heavy (non-hydrogen) atoms. The van der Waals surface area contributed by atoms with Crippen molar-refractivity contribution in [1.29, 1.82) is 0 Å². The van der Waals surface area contributed by atoms with Gasteiger partial charge in [0.05, 0.1) is 6.61 Å². The molecule has 1 atom stereocenters. The summed E-state index contributed by atoms with van der Waals surface area (Å²) in [5.74, 6) is 0. The Bertz CT molecular complexity index is 616. The predicted octanol–water partition coefficient (Wildman–Crippen LogP) is 2.21. The third kappa shape index (κ3) is 3.87. The number of sulfonamides is 1. The van der Waals surface area contributed by atoms with Crippen LogP contribution in [0.5, 0.6) is 0 Å². The quantitative estimate of drug-likeness (QED) is 0.858. The Morgan fingerprint density at radius 3 is 2.68 bits per heavy atom. The molecule has 0 saturated carbocycles. The van der Waals surface area contributed by atoms with Crippen molar-refractivity contribution in [2.75, 3.05) is 0 Å². The van der Waals surface area contributed by atoms with Crippen molar-refractivity contribution in [1.82, 2.24) is 4.72 Å². The van der Waals surface area contributed by atoms with Crippen molar-refractivity contribution in [3.05, 3.63) is 39.4 Å². The number of aliphatic hydroxyl groups is 1. The zero-order valence-corrected chi connectivity index (χ0v) is 12.8. The van der Waals surface area contributed by atoms with Gasteiger partial charge in [0.15, 0.2) is 0 Å². The number of rotatable bonds is 6. The number of aliphatic hydroxyl groups excluding tert-OH is 1. The van der Waals surface area contributed by atoms with Gasteiger partial charge in [-0.25, -0.2) is 13.1 Å². The molecule has 0 aliphatic carbocycles. The van der Waals surface area contributed by atoms with Crippen LogP contribution in [0.1, 0.15) is 16.7 Å². The van der Waals surface area contributed by atoms with Gasteiger partial charge in [-0.3, -0.25) is 0 Å². The summed E-state index contributed by atoms with van der Waals surface area (Å²) in [6.45, 7) is 1.71. The van der Waals surface area contributed by atoms with E-state index in [1.54, 1.807) is 17.4 Å². The number of thiophene rings is 2. The highest BCUT2D eigenvalue weighted by molar-refractivity contribution is 7.91. The monoisotopic (exact) mass is 317 g/mol. The molecule has 7 heteroatoms. The van der Waals surface area contributed by atoms with Crippen molar-refractivity contribution < 1.29 is 13.5 Å². The second kappa shape index (κ2) is 6.15. The van der Waals surface area contributed by atoms with E-state index in [0.717, 1.165) is 16.2 Å². The van der Waals surface area contributed by atoms with E-state index in [4.69, 9.17) is 5.11 Å². The minimum Gasteiger partial charge on any atom is -0.391 e. The maximum Gasteiger partial charge on any atom is 0.250 e. The first-order valence-electron chi connectivity index (χ1n) is 5.75. The van der Waals surface area contributed by atoms with E-state index < -0.39 is 10.0 Å². The summed E-state index contributed by atoms with van der Waals surface area (Å²) in [5, 5.41) is 10.9. The fraction of sp³-hybridized carbons (Fsp3) is 0.333. The van der Waals surface area contributed by atoms with E-state index in [-0.39, 0.29) is 16.9 Å². The highest BCUT2D eigenvalue weighted by Crippen LogP contribution is 2.22. The maximum atomic E-state index is 12.1. The smallest absolute Gasteiger partial charge is 0.250 e. The summed E-state index contributed by atoms with van der Waals surface area (Å²) in [6, 6.07) is 6.93. The molecule has 2 aromatic heterocycles. The molecule has 0 fully saturated rings. The summed E-state index contributed by atoms with van der Waals surface area (Å²) in [4.78, 5) is 1.80. The van der Waals surface area contributed by atoms with E-state index >= 15 is 0 Å². The normalized spacial score (nSPS) is 13.6. The lowest BCUT2D eigenvalue weighted by molar-refractivity contribution is 0.285. The van der Waals surface area contributed by atoms with Gasteiger partial charge in [-0.1, -0.05) is 6.07 Å². The van der Waals surface area contributed by atoms with Gasteiger partial charge in [0, 0.05) is 15.8 Å². The zero-order valence-electron chi connectivity index (χ0n) is 10.4. The molecule has 0 aromatic carbocycles. The Morgan fingerprint density at radius 1 is 1.32 bits per heavy atom. The number of nitrogens with one attached hydrogen (secondary N) is 1. The van der Waals surface area contributed by atoms with Crippen LogP contribution in [0.25, 0.3) is 0 Å². The highest BCUT2D eigenvalue weighted by atomic mass is 32.2. The molecule has 0 spiro atoms. The molecule has 4 nitrogen and oxygen atoms in total. The first-order valence-corrected chi connectivity index (χ1v) is 8.93. The molecule has 104 valence electrons. The maximum absolute atomic E-state index is 12.1. The Balaban J connectivity index is 2.04. The summed E-state index contributed by atoms with van der Waals surface area (Å²) in [6.07, 6.45) is 0.676. The van der Waals surface area contributed by atoms with Crippen LogP contribution in [0, 0.1) is 0 Å². The lowest BCUT2D eigenvalue weighted by Gasteiger charge is -2.12. The Labute approximate surface area is 120 Å². The van der Waals surface area contributed by atoms with Gasteiger partial charge in [-0.15, -0.1) is 22.7 Å². The van der Waals surface area contributed by atoms with E-state index in [0.29, 0.717) is 11.3 Å². The molecule has 2 N–H and O–H groups in total. The first-order chi connectivity index (χ1) is 9.01. The Hall–Kier alpha value is -0.730. The van der Waals surface area contributed by atoms with Crippen LogP contribution in [0.2, 0.25) is 0 Å². The average molecular weight is 317 g/mol. The molecule has 0 bridgehead atoms. The first kappa shape index (κ1) is 14.7. The third-order valence-corrected chi connectivity index (χ3v) is 6.55. The van der Waals surface area contributed by atoms with Crippen LogP contribution in [0.15, 0.2) is 33.9 Å². The summed E-state index contributed by atoms with van der Waals surface area (Å²) in [7, 11) is -3.49. The molecule has 2 heterocycles. The van der Waals surface area contributed by atoms with E-state index in [1.807, 2.05) is 24.4 Å². The van der Waals surface area contributed by atoms with Gasteiger partial charge in [-0.05, 0) is 36.9 Å². The molecule has 0 amide bonds. The van der Waals surface area contributed by atoms with Crippen LogP contribution in [-0.4, -0.2) is 19.6 Å². The number of hydrogen-bond donors (Lipinski definition) is 2. The third-order valence-electron chi connectivity index (χ3n) is 2.50. The van der Waals surface area contributed by atoms with Gasteiger partial charge in [0.1, 0.15) is 4.21 Å². The standard InChI is InChI=1S/C12H15NO3S3/c1-9(7-10-3-2-6-17-10)13-19(15,16)12-5-4-11(8-14)18-12/h2-6,9,13-14H,7-8H2,1H3. The minimum atomic E-state index is -3.49. The zero-order chi connectivity index (χ0) is 13.9. The van der Waals surface area contributed by atoms with E-state index in [9.17, 15) is 8.42 Å². The summed E-state index contributed by atoms with van der Waals surface area (Å²) >= 11 is 2.71. The summed E-state index contributed by atoms with van der Waals surface area (Å²) < 4.78 is 27.1. The molecule has 0 aliphatic heterocycles. The van der Waals surface area contributed by atoms with Gasteiger partial charge < -0.3 is 5.11 Å². The fourth-order valence-corrected chi connectivity index (χ4v) is 4.99. The fourth-order valence-electron chi connectivity index (χ4n) is 1.68. The second-order valence-corrected chi connectivity index (χ2v) is 8.33. The second-order valence-electron chi connectivity index (χ2n) is 4.18. The molecule has 2 rings (SSSR count). The molecule has 0 saturated heterocycles. The van der Waals surface area contributed by atoms with Crippen molar-refractivity contribution in [3.8, 4) is 0 Å². The minimum absolute atomic E-state index is 0.134. The SMILES string of the molecule is CC(Cc1cccs1)NS(=O)(=O)c1ccc(CO)s1. The van der Waals surface area contributed by atoms with Gasteiger partial charge in [-0.2, -0.15) is 0 Å². The molecule has 0 aliphatic rings. The van der Waals surface area contributed by atoms with E-state index in [1.165, 1.54) is 6.07 Å². The van der Waals surface area contributed by atoms with Crippen LogP contribution in [0.4, 0.5) is 0 Å². The highest BCUT2D eigenvalue weighted by Gasteiger charge is 2.19. The van der Waals surface area contributed by atoms with Crippen molar-refractivity contribution in [2.45, 2.75) is 30.2 Å².